The first-order chi connectivity index (χ1) is 23.6. The lowest BCUT2D eigenvalue weighted by Crippen LogP contribution is -2.37. The summed E-state index contributed by atoms with van der Waals surface area (Å²) in [6, 6.07) is 0. The zero-order valence-electron chi connectivity index (χ0n) is 27.2. The number of hydrogen-bond donors (Lipinski definition) is 13. The summed E-state index contributed by atoms with van der Waals surface area (Å²) in [5.41, 5.74) is 3.69. The second-order valence-corrected chi connectivity index (χ2v) is 15.0. The lowest BCUT2D eigenvalue weighted by Gasteiger charge is -2.19. The van der Waals surface area contributed by atoms with Gasteiger partial charge in [0.05, 0.1) is 19.3 Å². The average molecular weight is 780 g/mol. The molecule has 288 valence electrons. The maximum atomic E-state index is 12.4. The molecule has 1 aliphatic heterocycles. The van der Waals surface area contributed by atoms with Crippen LogP contribution in [0.25, 0.3) is 0 Å². The third-order valence-corrected chi connectivity index (χ3v) is 10.3. The van der Waals surface area contributed by atoms with Gasteiger partial charge >= 0.3 is 29.2 Å². The smallest absolute Gasteiger partial charge is 0.390 e. The Morgan fingerprint density at radius 2 is 1.36 bits per heavy atom. The first-order valence-electron chi connectivity index (χ1n) is 15.5. The Morgan fingerprint density at radius 1 is 0.840 bits per heavy atom. The second-order valence-electron chi connectivity index (χ2n) is 10.5. The Hall–Kier alpha value is -1.71. The third kappa shape index (κ3) is 19.2. The van der Waals surface area contributed by atoms with Crippen LogP contribution in [0.1, 0.15) is 18.2 Å². The van der Waals surface area contributed by atoms with Gasteiger partial charge in [0.2, 0.25) is 0 Å². The third-order valence-electron chi connectivity index (χ3n) is 6.45. The van der Waals surface area contributed by atoms with Crippen molar-refractivity contribution in [1.29, 1.82) is 0 Å². The number of rotatable bonds is 26. The van der Waals surface area contributed by atoms with Crippen molar-refractivity contribution in [2.45, 2.75) is 24.9 Å². The van der Waals surface area contributed by atoms with Crippen LogP contribution in [-0.4, -0.2) is 138 Å². The normalized spacial score (nSPS) is 20.2. The fourth-order valence-electron chi connectivity index (χ4n) is 4.20. The van der Waals surface area contributed by atoms with Gasteiger partial charge in [-0.05, 0) is 0 Å². The topological polar surface area (TPSA) is 342 Å². The quantitative estimate of drug-likeness (QED) is 0.0239. The molecule has 26 heteroatoms. The van der Waals surface area contributed by atoms with Crippen LogP contribution in [0.2, 0.25) is 0 Å². The summed E-state index contributed by atoms with van der Waals surface area (Å²) in [6.07, 6.45) is -3.05. The van der Waals surface area contributed by atoms with Crippen LogP contribution >= 0.6 is 23.5 Å². The van der Waals surface area contributed by atoms with Gasteiger partial charge in [-0.1, -0.05) is 11.8 Å². The Bertz CT molecular complexity index is 1480. The molecule has 0 radical (unpaired) electrons. The van der Waals surface area contributed by atoms with Crippen LogP contribution in [0.15, 0.2) is 15.8 Å². The molecule has 0 aromatic carbocycles. The number of nitrogens with two attached hydrogens (primary N) is 1. The summed E-state index contributed by atoms with van der Waals surface area (Å²) in [4.78, 5) is 62.9. The van der Waals surface area contributed by atoms with E-state index < -0.39 is 59.8 Å². The summed E-state index contributed by atoms with van der Waals surface area (Å²) in [5.74, 6) is 5.44. The molecule has 14 N–H and O–H groups in total. The molecular weight excluding hydrogens is 731 g/mol. The van der Waals surface area contributed by atoms with Gasteiger partial charge in [-0.2, -0.15) is 8.62 Å². The highest BCUT2D eigenvalue weighted by Gasteiger charge is 2.43. The summed E-state index contributed by atoms with van der Waals surface area (Å²) in [7, 11) is -16.8. The molecule has 2 heterocycles. The number of hydrogen-bond acceptors (Lipinski definition) is 17. The number of H-pyrrole nitrogens is 1. The molecule has 23 nitrogen and oxygen atoms in total. The fourth-order valence-corrected chi connectivity index (χ4v) is 7.23. The molecule has 0 saturated carbocycles. The first kappa shape index (κ1) is 44.5. The van der Waals surface area contributed by atoms with Crippen molar-refractivity contribution in [1.82, 2.24) is 41.5 Å². The molecule has 2 rings (SSSR count). The number of nitrogens with one attached hydrogen (secondary N) is 7. The van der Waals surface area contributed by atoms with E-state index in [9.17, 15) is 38.2 Å². The van der Waals surface area contributed by atoms with Crippen LogP contribution in [0.3, 0.4) is 0 Å². The lowest BCUT2D eigenvalue weighted by atomic mass is 10.2. The van der Waals surface area contributed by atoms with Crippen LogP contribution < -0.4 is 48.9 Å². The highest BCUT2D eigenvalue weighted by molar-refractivity contribution is 7.66. The maximum Gasteiger partial charge on any atom is 0.490 e. The van der Waals surface area contributed by atoms with Crippen LogP contribution in [0, 0.1) is 11.8 Å². The molecule has 50 heavy (non-hydrogen) atoms. The van der Waals surface area contributed by atoms with E-state index in [1.165, 1.54) is 0 Å². The molecule has 1 fully saturated rings. The average Bonchev–Trinajstić information content (AvgIpc) is 3.38. The second kappa shape index (κ2) is 23.1. The van der Waals surface area contributed by atoms with Crippen molar-refractivity contribution < 1.29 is 56.3 Å². The van der Waals surface area contributed by atoms with E-state index in [2.05, 4.69) is 61.9 Å². The van der Waals surface area contributed by atoms with Crippen molar-refractivity contribution in [2.75, 3.05) is 91.7 Å². The highest BCUT2D eigenvalue weighted by Crippen LogP contribution is 2.66. The molecule has 1 aromatic heterocycles. The summed E-state index contributed by atoms with van der Waals surface area (Å²) < 4.78 is 52.4. The van der Waals surface area contributed by atoms with Gasteiger partial charge in [0, 0.05) is 91.2 Å². The van der Waals surface area contributed by atoms with Crippen LogP contribution in [0.4, 0.5) is 0 Å². The van der Waals surface area contributed by atoms with E-state index in [1.54, 1.807) is 0 Å². The minimum absolute atomic E-state index is 0.0771. The maximum absolute atomic E-state index is 12.4. The molecule has 2 unspecified atom stereocenters. The van der Waals surface area contributed by atoms with E-state index in [0.717, 1.165) is 69.7 Å². The van der Waals surface area contributed by atoms with Gasteiger partial charge in [-0.25, -0.2) is 18.5 Å². The van der Waals surface area contributed by atoms with E-state index >= 15 is 0 Å². The van der Waals surface area contributed by atoms with Crippen molar-refractivity contribution >= 4 is 23.5 Å². The molecule has 1 saturated heterocycles. The largest absolute Gasteiger partial charge is 0.490 e. The molecule has 5 atom stereocenters. The number of aliphatic hydroxyl groups is 1. The van der Waals surface area contributed by atoms with Gasteiger partial charge in [-0.3, -0.25) is 18.9 Å². The standard InChI is InChI=1S/C24H48N9O14P3/c25-3-5-27-7-9-29-11-13-31-15-14-30-12-10-28-8-6-26-4-1-2-19-17-33(24(36)32-23(19)35)22-16-20(34)21(45-22)18-44-49(40,41)47-50(42,43)46-48(37,38)39/h17,20-22,26-31,34H,3-16,18,25H2,(H,40,41)(H,42,43)(H,32,35,36)(H2,37,38,39)/t20-,21+,22+/m0/s1. The monoisotopic (exact) mass is 779 g/mol. The van der Waals surface area contributed by atoms with Crippen molar-refractivity contribution in [3.63, 3.8) is 0 Å². The number of aliphatic hydroxyl groups excluding tert-OH is 1. The van der Waals surface area contributed by atoms with Gasteiger partial charge < -0.3 is 67.1 Å². The van der Waals surface area contributed by atoms with Crippen LogP contribution in [-0.2, 0) is 31.6 Å². The number of aromatic nitrogens is 2. The Balaban J connectivity index is 1.67. The van der Waals surface area contributed by atoms with E-state index in [4.69, 9.17) is 20.3 Å². The SMILES string of the molecule is NCCNCCNCCNCCNCCNCCNCC#Cc1cn([C@H]2C[C@H](O)[C@@H](COP(=O)(O)OP(=O)(O)OP(=O)(O)O)O2)c(=O)[nH]c1=O. The predicted octanol–water partition coefficient (Wildman–Crippen LogP) is -4.62. The van der Waals surface area contributed by atoms with Crippen molar-refractivity contribution in [2.24, 2.45) is 5.73 Å². The van der Waals surface area contributed by atoms with Crippen LogP contribution in [0.5, 0.6) is 0 Å². The number of phosphoric ester groups is 1. The molecule has 0 aliphatic carbocycles. The number of nitrogens with zero attached hydrogens (tertiary/aromatic N) is 1. The molecular formula is C24H48N9O14P3. The lowest BCUT2D eigenvalue weighted by molar-refractivity contribution is -0.0450. The van der Waals surface area contributed by atoms with Crippen molar-refractivity contribution in [3.05, 3.63) is 32.6 Å². The number of phosphoric acid groups is 3. The highest BCUT2D eigenvalue weighted by atomic mass is 31.3. The summed E-state index contributed by atoms with van der Waals surface area (Å²) >= 11 is 0. The van der Waals surface area contributed by atoms with E-state index in [-0.39, 0.29) is 18.5 Å². The van der Waals surface area contributed by atoms with Gasteiger partial charge in [0.25, 0.3) is 5.56 Å². The van der Waals surface area contributed by atoms with Gasteiger partial charge in [-0.15, -0.1) is 0 Å². The molecule has 1 aromatic rings. The minimum Gasteiger partial charge on any atom is -0.390 e. The van der Waals surface area contributed by atoms with Gasteiger partial charge in [0.15, 0.2) is 0 Å². The zero-order valence-corrected chi connectivity index (χ0v) is 29.9. The Morgan fingerprint density at radius 3 is 1.88 bits per heavy atom. The summed E-state index contributed by atoms with van der Waals surface area (Å²) in [6.45, 7) is 8.96. The molecule has 0 bridgehead atoms. The fraction of sp³-hybridized carbons (Fsp3) is 0.750. The molecule has 1 aliphatic rings. The Kier molecular flexibility index (Phi) is 20.5. The van der Waals surface area contributed by atoms with Crippen molar-refractivity contribution in [3.8, 4) is 11.8 Å². The number of aromatic amines is 1. The van der Waals surface area contributed by atoms with Gasteiger partial charge in [0.1, 0.15) is 17.9 Å². The zero-order chi connectivity index (χ0) is 37.0. The minimum atomic E-state index is -5.73. The van der Waals surface area contributed by atoms with E-state index in [1.807, 2.05) is 0 Å². The molecule has 0 amide bonds. The Labute approximate surface area is 287 Å². The van der Waals surface area contributed by atoms with E-state index in [0.29, 0.717) is 19.6 Å². The number of ether oxygens (including phenoxy) is 1. The summed E-state index contributed by atoms with van der Waals surface area (Å²) in [5, 5.41) is 29.9. The molecule has 0 spiro atoms. The predicted molar refractivity (Wildman–Crippen MR) is 179 cm³/mol. The first-order valence-corrected chi connectivity index (χ1v) is 20.0.